The molecule has 0 spiro atoms. The van der Waals surface area contributed by atoms with Crippen LogP contribution in [0.1, 0.15) is 38.4 Å². The molecule has 2 rings (SSSR count). The monoisotopic (exact) mass is 290 g/mol. The normalized spacial score (nSPS) is 16.7. The number of nitrogens with zero attached hydrogens (tertiary/aromatic N) is 3. The lowest BCUT2D eigenvalue weighted by molar-refractivity contribution is 0.312. The molecule has 1 aromatic heterocycles. The van der Waals surface area contributed by atoms with Gasteiger partial charge in [-0.25, -0.2) is 4.98 Å². The molecule has 0 aliphatic carbocycles. The number of anilines is 1. The molecular weight excluding hydrogens is 260 g/mol. The standard InChI is InChI=1S/C17H30N4/c1-5-6-16-11-15(13-18-14(2)3)12-17(19-16)21-9-7-20(4)8-10-21/h11-12,14,18H,5-10,13H2,1-4H3. The van der Waals surface area contributed by atoms with Crippen molar-refractivity contribution in [1.82, 2.24) is 15.2 Å². The number of nitrogens with one attached hydrogen (secondary N) is 1. The highest BCUT2D eigenvalue weighted by Gasteiger charge is 2.16. The van der Waals surface area contributed by atoms with E-state index in [0.29, 0.717) is 6.04 Å². The summed E-state index contributed by atoms with van der Waals surface area (Å²) >= 11 is 0. The van der Waals surface area contributed by atoms with Crippen molar-refractivity contribution in [3.63, 3.8) is 0 Å². The molecule has 1 fully saturated rings. The predicted octanol–water partition coefficient (Wildman–Crippen LogP) is 2.28. The number of hydrogen-bond acceptors (Lipinski definition) is 4. The second-order valence-corrected chi connectivity index (χ2v) is 6.40. The van der Waals surface area contributed by atoms with Crippen molar-refractivity contribution in [3.8, 4) is 0 Å². The van der Waals surface area contributed by atoms with Crippen LogP contribution in [0, 0.1) is 0 Å². The van der Waals surface area contributed by atoms with Crippen LogP contribution in [0.2, 0.25) is 0 Å². The maximum Gasteiger partial charge on any atom is 0.129 e. The van der Waals surface area contributed by atoms with E-state index in [9.17, 15) is 0 Å². The first kappa shape index (κ1) is 16.2. The highest BCUT2D eigenvalue weighted by molar-refractivity contribution is 5.43. The molecule has 2 heterocycles. The van der Waals surface area contributed by atoms with Gasteiger partial charge in [0.15, 0.2) is 0 Å². The van der Waals surface area contributed by atoms with Crippen LogP contribution in [0.5, 0.6) is 0 Å². The van der Waals surface area contributed by atoms with Gasteiger partial charge >= 0.3 is 0 Å². The lowest BCUT2D eigenvalue weighted by atomic mass is 10.1. The average Bonchev–Trinajstić information content (AvgIpc) is 2.46. The van der Waals surface area contributed by atoms with E-state index in [2.05, 4.69) is 55.1 Å². The fourth-order valence-corrected chi connectivity index (χ4v) is 2.64. The third-order valence-corrected chi connectivity index (χ3v) is 3.97. The Hall–Kier alpha value is -1.13. The van der Waals surface area contributed by atoms with Gasteiger partial charge in [0.1, 0.15) is 5.82 Å². The number of piperazine rings is 1. The van der Waals surface area contributed by atoms with Gasteiger partial charge in [-0.05, 0) is 31.2 Å². The minimum atomic E-state index is 0.514. The number of pyridine rings is 1. The Morgan fingerprint density at radius 1 is 1.19 bits per heavy atom. The van der Waals surface area contributed by atoms with Crippen LogP contribution in [0.4, 0.5) is 5.82 Å². The SMILES string of the molecule is CCCc1cc(CNC(C)C)cc(N2CCN(C)CC2)n1. The fraction of sp³-hybridized carbons (Fsp3) is 0.706. The molecule has 0 radical (unpaired) electrons. The van der Waals surface area contributed by atoms with Gasteiger partial charge in [0.2, 0.25) is 0 Å². The minimum Gasteiger partial charge on any atom is -0.354 e. The molecule has 4 nitrogen and oxygen atoms in total. The molecule has 0 saturated carbocycles. The second-order valence-electron chi connectivity index (χ2n) is 6.40. The minimum absolute atomic E-state index is 0.514. The Morgan fingerprint density at radius 3 is 2.52 bits per heavy atom. The summed E-state index contributed by atoms with van der Waals surface area (Å²) in [6, 6.07) is 5.04. The van der Waals surface area contributed by atoms with Gasteiger partial charge < -0.3 is 15.1 Å². The Kier molecular flexibility index (Phi) is 6.00. The van der Waals surface area contributed by atoms with Crippen molar-refractivity contribution in [3.05, 3.63) is 23.4 Å². The van der Waals surface area contributed by atoms with E-state index in [-0.39, 0.29) is 0 Å². The lowest BCUT2D eigenvalue weighted by Crippen LogP contribution is -2.45. The van der Waals surface area contributed by atoms with E-state index in [4.69, 9.17) is 4.98 Å². The average molecular weight is 290 g/mol. The van der Waals surface area contributed by atoms with Gasteiger partial charge in [-0.2, -0.15) is 0 Å². The maximum atomic E-state index is 4.88. The van der Waals surface area contributed by atoms with Crippen LogP contribution in [-0.2, 0) is 13.0 Å². The first-order valence-corrected chi connectivity index (χ1v) is 8.25. The van der Waals surface area contributed by atoms with E-state index >= 15 is 0 Å². The van der Waals surface area contributed by atoms with Crippen LogP contribution < -0.4 is 10.2 Å². The third-order valence-electron chi connectivity index (χ3n) is 3.97. The van der Waals surface area contributed by atoms with E-state index in [1.54, 1.807) is 0 Å². The molecular formula is C17H30N4. The summed E-state index contributed by atoms with van der Waals surface area (Å²) in [4.78, 5) is 9.69. The molecule has 1 N–H and O–H groups in total. The van der Waals surface area contributed by atoms with Gasteiger partial charge in [0.25, 0.3) is 0 Å². The molecule has 21 heavy (non-hydrogen) atoms. The number of hydrogen-bond donors (Lipinski definition) is 1. The van der Waals surface area contributed by atoms with Gasteiger partial charge in [-0.1, -0.05) is 27.2 Å². The van der Waals surface area contributed by atoms with Crippen molar-refractivity contribution in [2.24, 2.45) is 0 Å². The Labute approximate surface area is 129 Å². The number of rotatable bonds is 6. The topological polar surface area (TPSA) is 31.4 Å². The van der Waals surface area contributed by atoms with E-state index in [1.165, 1.54) is 11.3 Å². The smallest absolute Gasteiger partial charge is 0.129 e. The molecule has 0 bridgehead atoms. The van der Waals surface area contributed by atoms with Gasteiger partial charge in [-0.15, -0.1) is 0 Å². The first-order valence-electron chi connectivity index (χ1n) is 8.25. The molecule has 1 aliphatic rings. The number of aromatic nitrogens is 1. The molecule has 4 heteroatoms. The zero-order valence-electron chi connectivity index (χ0n) is 14.0. The van der Waals surface area contributed by atoms with Crippen molar-refractivity contribution < 1.29 is 0 Å². The van der Waals surface area contributed by atoms with E-state index < -0.39 is 0 Å². The fourth-order valence-electron chi connectivity index (χ4n) is 2.64. The quantitative estimate of drug-likeness (QED) is 0.871. The molecule has 0 aromatic carbocycles. The highest BCUT2D eigenvalue weighted by atomic mass is 15.3. The van der Waals surface area contributed by atoms with Crippen molar-refractivity contribution in [1.29, 1.82) is 0 Å². The molecule has 118 valence electrons. The van der Waals surface area contributed by atoms with Crippen LogP contribution in [-0.4, -0.2) is 49.2 Å². The highest BCUT2D eigenvalue weighted by Crippen LogP contribution is 2.18. The summed E-state index contributed by atoms with van der Waals surface area (Å²) in [5, 5.41) is 3.51. The van der Waals surface area contributed by atoms with Crippen molar-refractivity contribution in [2.75, 3.05) is 38.1 Å². The summed E-state index contributed by atoms with van der Waals surface area (Å²) < 4.78 is 0. The molecule has 1 aromatic rings. The van der Waals surface area contributed by atoms with Crippen LogP contribution in [0.15, 0.2) is 12.1 Å². The van der Waals surface area contributed by atoms with Gasteiger partial charge in [-0.3, -0.25) is 0 Å². The Bertz CT molecular complexity index is 436. The van der Waals surface area contributed by atoms with E-state index in [0.717, 1.165) is 51.4 Å². The van der Waals surface area contributed by atoms with E-state index in [1.807, 2.05) is 0 Å². The lowest BCUT2D eigenvalue weighted by Gasteiger charge is -2.33. The second kappa shape index (κ2) is 7.76. The van der Waals surface area contributed by atoms with Crippen LogP contribution in [0.3, 0.4) is 0 Å². The number of likely N-dealkylation sites (N-methyl/N-ethyl adjacent to an activating group) is 1. The first-order chi connectivity index (χ1) is 10.1. The summed E-state index contributed by atoms with van der Waals surface area (Å²) in [7, 11) is 2.19. The van der Waals surface area contributed by atoms with Crippen LogP contribution in [0.25, 0.3) is 0 Å². The summed E-state index contributed by atoms with van der Waals surface area (Å²) in [6.07, 6.45) is 2.21. The van der Waals surface area contributed by atoms with Gasteiger partial charge in [0, 0.05) is 44.5 Å². The third kappa shape index (κ3) is 4.97. The largest absolute Gasteiger partial charge is 0.354 e. The zero-order valence-corrected chi connectivity index (χ0v) is 14.0. The summed E-state index contributed by atoms with van der Waals surface area (Å²) in [6.45, 7) is 11.9. The molecule has 0 unspecified atom stereocenters. The Morgan fingerprint density at radius 2 is 1.90 bits per heavy atom. The maximum absolute atomic E-state index is 4.88. The zero-order chi connectivity index (χ0) is 15.2. The molecule has 0 atom stereocenters. The van der Waals surface area contributed by atoms with Crippen molar-refractivity contribution in [2.45, 2.75) is 46.2 Å². The molecule has 1 aliphatic heterocycles. The van der Waals surface area contributed by atoms with Gasteiger partial charge in [0.05, 0.1) is 0 Å². The molecule has 1 saturated heterocycles. The van der Waals surface area contributed by atoms with Crippen molar-refractivity contribution >= 4 is 5.82 Å². The Balaban J connectivity index is 2.14. The number of aryl methyl sites for hydroxylation is 1. The van der Waals surface area contributed by atoms with Crippen LogP contribution >= 0.6 is 0 Å². The predicted molar refractivity (Wildman–Crippen MR) is 89.9 cm³/mol. The summed E-state index contributed by atoms with van der Waals surface area (Å²) in [5.41, 5.74) is 2.59. The summed E-state index contributed by atoms with van der Waals surface area (Å²) in [5.74, 6) is 1.16. The molecule has 0 amide bonds.